The van der Waals surface area contributed by atoms with E-state index in [1.165, 1.54) is 22.3 Å². The number of nitrogens with zero attached hydrogens (tertiary/aromatic N) is 1. The van der Waals surface area contributed by atoms with Gasteiger partial charge in [-0.25, -0.2) is 0 Å². The molecule has 0 bridgehead atoms. The fourth-order valence-electron chi connectivity index (χ4n) is 3.05. The van der Waals surface area contributed by atoms with E-state index in [1.807, 2.05) is 4.90 Å². The average molecular weight is 291 g/mol. The molecule has 3 heteroatoms. The van der Waals surface area contributed by atoms with Gasteiger partial charge < -0.3 is 10.6 Å². The van der Waals surface area contributed by atoms with Crippen molar-refractivity contribution >= 4 is 11.5 Å². The maximum atomic E-state index is 7.58. The number of likely N-dealkylation sites (tertiary alicyclic amines) is 1. The summed E-state index contributed by atoms with van der Waals surface area (Å²) in [5, 5.41) is 7.58. The normalized spacial score (nSPS) is 14.7. The summed E-state index contributed by atoms with van der Waals surface area (Å²) in [6.07, 6.45) is 1.91. The Balaban J connectivity index is 2.00. The van der Waals surface area contributed by atoms with Crippen molar-refractivity contribution in [2.24, 2.45) is 5.73 Å². The largest absolute Gasteiger partial charge is 0.370 e. The van der Waals surface area contributed by atoms with Crippen LogP contribution in [0.3, 0.4) is 0 Å². The van der Waals surface area contributed by atoms with Gasteiger partial charge in [-0.2, -0.15) is 0 Å². The summed E-state index contributed by atoms with van der Waals surface area (Å²) in [6, 6.07) is 21.1. The zero-order valence-corrected chi connectivity index (χ0v) is 12.6. The van der Waals surface area contributed by atoms with Crippen molar-refractivity contribution in [2.75, 3.05) is 13.1 Å². The van der Waals surface area contributed by atoms with E-state index in [-0.39, 0.29) is 5.96 Å². The first kappa shape index (κ1) is 14.4. The van der Waals surface area contributed by atoms with Crippen LogP contribution in [0.25, 0.3) is 5.57 Å². The Labute approximate surface area is 131 Å². The summed E-state index contributed by atoms with van der Waals surface area (Å²) < 4.78 is 0. The third-order valence-corrected chi connectivity index (χ3v) is 4.19. The smallest absolute Gasteiger partial charge is 0.188 e. The molecule has 3 N–H and O–H groups in total. The molecular weight excluding hydrogens is 270 g/mol. The van der Waals surface area contributed by atoms with Crippen molar-refractivity contribution in [3.05, 3.63) is 77.4 Å². The first-order valence-corrected chi connectivity index (χ1v) is 7.67. The molecule has 22 heavy (non-hydrogen) atoms. The molecule has 3 nitrogen and oxygen atoms in total. The Hall–Kier alpha value is -2.55. The molecule has 1 aliphatic heterocycles. The van der Waals surface area contributed by atoms with Gasteiger partial charge in [0.15, 0.2) is 5.96 Å². The Kier molecular flexibility index (Phi) is 4.24. The molecule has 0 spiro atoms. The van der Waals surface area contributed by atoms with Crippen LogP contribution < -0.4 is 5.73 Å². The number of nitrogens with two attached hydrogens (primary N) is 1. The molecule has 1 fully saturated rings. The number of hydrogen-bond donors (Lipinski definition) is 2. The van der Waals surface area contributed by atoms with Crippen LogP contribution in [-0.4, -0.2) is 23.9 Å². The number of guanidine groups is 1. The molecule has 3 rings (SSSR count). The number of piperidine rings is 1. The van der Waals surface area contributed by atoms with Crippen LogP contribution in [0.1, 0.15) is 24.0 Å². The zero-order valence-electron chi connectivity index (χ0n) is 12.6. The van der Waals surface area contributed by atoms with E-state index in [9.17, 15) is 0 Å². The van der Waals surface area contributed by atoms with Crippen molar-refractivity contribution in [2.45, 2.75) is 12.8 Å². The fraction of sp³-hybridized carbons (Fsp3) is 0.211. The van der Waals surface area contributed by atoms with E-state index in [4.69, 9.17) is 11.1 Å². The summed E-state index contributed by atoms with van der Waals surface area (Å²) >= 11 is 0. The number of hydrogen-bond acceptors (Lipinski definition) is 1. The summed E-state index contributed by atoms with van der Waals surface area (Å²) in [7, 11) is 0. The molecule has 1 saturated heterocycles. The van der Waals surface area contributed by atoms with Crippen molar-refractivity contribution in [3.8, 4) is 0 Å². The highest BCUT2D eigenvalue weighted by atomic mass is 15.2. The van der Waals surface area contributed by atoms with E-state index >= 15 is 0 Å². The van der Waals surface area contributed by atoms with Crippen LogP contribution in [0.5, 0.6) is 0 Å². The van der Waals surface area contributed by atoms with Crippen molar-refractivity contribution in [1.82, 2.24) is 4.90 Å². The lowest BCUT2D eigenvalue weighted by Crippen LogP contribution is -2.40. The molecule has 1 heterocycles. The quantitative estimate of drug-likeness (QED) is 0.657. The zero-order chi connectivity index (χ0) is 15.4. The van der Waals surface area contributed by atoms with Gasteiger partial charge in [-0.3, -0.25) is 5.41 Å². The molecule has 112 valence electrons. The van der Waals surface area contributed by atoms with Crippen molar-refractivity contribution in [3.63, 3.8) is 0 Å². The van der Waals surface area contributed by atoms with E-state index in [0.717, 1.165) is 25.9 Å². The number of benzene rings is 2. The molecule has 2 aromatic carbocycles. The van der Waals surface area contributed by atoms with Crippen LogP contribution >= 0.6 is 0 Å². The third-order valence-electron chi connectivity index (χ3n) is 4.19. The Morgan fingerprint density at radius 3 is 1.68 bits per heavy atom. The number of nitrogens with one attached hydrogen (secondary N) is 1. The third kappa shape index (κ3) is 3.03. The predicted molar refractivity (Wildman–Crippen MR) is 91.6 cm³/mol. The minimum atomic E-state index is 0.181. The van der Waals surface area contributed by atoms with Gasteiger partial charge in [0.2, 0.25) is 0 Å². The van der Waals surface area contributed by atoms with Crippen molar-refractivity contribution < 1.29 is 0 Å². The van der Waals surface area contributed by atoms with E-state index in [0.29, 0.717) is 0 Å². The van der Waals surface area contributed by atoms with Gasteiger partial charge in [-0.15, -0.1) is 0 Å². The Bertz CT molecular complexity index is 623. The second-order valence-electron chi connectivity index (χ2n) is 5.58. The standard InChI is InChI=1S/C19H21N3/c20-19(21)22-13-11-17(12-14-22)18(15-7-3-1-4-8-15)16-9-5-2-6-10-16/h1-10H,11-14H2,(H3,20,21). The van der Waals surface area contributed by atoms with Crippen LogP contribution in [0, 0.1) is 5.41 Å². The van der Waals surface area contributed by atoms with Gasteiger partial charge >= 0.3 is 0 Å². The Morgan fingerprint density at radius 2 is 1.27 bits per heavy atom. The lowest BCUT2D eigenvalue weighted by Gasteiger charge is -2.30. The maximum absolute atomic E-state index is 7.58. The molecular formula is C19H21N3. The first-order valence-electron chi connectivity index (χ1n) is 7.67. The van der Waals surface area contributed by atoms with Gasteiger partial charge in [-0.05, 0) is 29.5 Å². The average Bonchev–Trinajstić information content (AvgIpc) is 2.57. The molecule has 0 radical (unpaired) electrons. The molecule has 0 atom stereocenters. The van der Waals surface area contributed by atoms with Crippen LogP contribution in [0.4, 0.5) is 0 Å². The highest BCUT2D eigenvalue weighted by Crippen LogP contribution is 2.32. The van der Waals surface area contributed by atoms with E-state index in [2.05, 4.69) is 60.7 Å². The predicted octanol–water partition coefficient (Wildman–Crippen LogP) is 3.48. The SMILES string of the molecule is N=C(N)N1CCC(=C(c2ccccc2)c2ccccc2)CC1. The highest BCUT2D eigenvalue weighted by molar-refractivity contribution is 5.82. The van der Waals surface area contributed by atoms with Crippen LogP contribution in [-0.2, 0) is 0 Å². The monoisotopic (exact) mass is 291 g/mol. The molecule has 0 aliphatic carbocycles. The maximum Gasteiger partial charge on any atom is 0.188 e. The lowest BCUT2D eigenvalue weighted by atomic mass is 9.88. The van der Waals surface area contributed by atoms with Gasteiger partial charge in [-0.1, -0.05) is 66.2 Å². The van der Waals surface area contributed by atoms with E-state index < -0.39 is 0 Å². The molecule has 0 unspecified atom stereocenters. The molecule has 0 aromatic heterocycles. The summed E-state index contributed by atoms with van der Waals surface area (Å²) in [5.74, 6) is 0.181. The topological polar surface area (TPSA) is 53.1 Å². The second kappa shape index (κ2) is 6.48. The number of rotatable bonds is 2. The summed E-state index contributed by atoms with van der Waals surface area (Å²) in [4.78, 5) is 1.94. The lowest BCUT2D eigenvalue weighted by molar-refractivity contribution is 0.383. The molecule has 2 aromatic rings. The van der Waals surface area contributed by atoms with Gasteiger partial charge in [0.1, 0.15) is 0 Å². The molecule has 1 aliphatic rings. The van der Waals surface area contributed by atoms with Crippen LogP contribution in [0.15, 0.2) is 66.2 Å². The van der Waals surface area contributed by atoms with Crippen molar-refractivity contribution in [1.29, 1.82) is 5.41 Å². The van der Waals surface area contributed by atoms with E-state index in [1.54, 1.807) is 0 Å². The van der Waals surface area contributed by atoms with Crippen LogP contribution in [0.2, 0.25) is 0 Å². The highest BCUT2D eigenvalue weighted by Gasteiger charge is 2.19. The van der Waals surface area contributed by atoms with Gasteiger partial charge in [0.05, 0.1) is 0 Å². The summed E-state index contributed by atoms with van der Waals surface area (Å²) in [6.45, 7) is 1.65. The van der Waals surface area contributed by atoms with Gasteiger partial charge in [0.25, 0.3) is 0 Å². The summed E-state index contributed by atoms with van der Waals surface area (Å²) in [5.41, 5.74) is 10.9. The minimum absolute atomic E-state index is 0.181. The molecule has 0 amide bonds. The minimum Gasteiger partial charge on any atom is -0.370 e. The second-order valence-corrected chi connectivity index (χ2v) is 5.58. The Morgan fingerprint density at radius 1 is 0.818 bits per heavy atom. The first-order chi connectivity index (χ1) is 10.8. The van der Waals surface area contributed by atoms with Gasteiger partial charge in [0, 0.05) is 13.1 Å². The fourth-order valence-corrected chi connectivity index (χ4v) is 3.05. The molecule has 0 saturated carbocycles.